The van der Waals surface area contributed by atoms with Gasteiger partial charge in [-0.2, -0.15) is 0 Å². The van der Waals surface area contributed by atoms with E-state index in [1.54, 1.807) is 6.92 Å². The lowest BCUT2D eigenvalue weighted by atomic mass is 10.2. The van der Waals surface area contributed by atoms with Crippen molar-refractivity contribution in [1.82, 2.24) is 9.97 Å². The molecule has 0 radical (unpaired) electrons. The molecule has 4 nitrogen and oxygen atoms in total. The number of aryl methyl sites for hydroxylation is 1. The van der Waals surface area contributed by atoms with Gasteiger partial charge in [0.15, 0.2) is 5.69 Å². The maximum Gasteiger partial charge on any atom is 0.358 e. The normalized spacial score (nSPS) is 10.4. The summed E-state index contributed by atoms with van der Waals surface area (Å²) < 4.78 is 4.87. The monoisotopic (exact) mass is 216 g/mol. The fourth-order valence-electron chi connectivity index (χ4n) is 1.49. The Bertz CT molecular complexity index is 538. The lowest BCUT2D eigenvalue weighted by Crippen LogP contribution is -2.07. The van der Waals surface area contributed by atoms with Crippen molar-refractivity contribution in [2.75, 3.05) is 6.61 Å². The number of rotatable bonds is 2. The van der Waals surface area contributed by atoms with Gasteiger partial charge in [0.1, 0.15) is 0 Å². The molecule has 0 unspecified atom stereocenters. The molecule has 0 spiro atoms. The standard InChI is InChI=1S/C12H12N2O2/c1-3-16-12(15)10-7-13-11-8(2)5-4-6-9(11)14-10/h4-7H,3H2,1-2H3. The van der Waals surface area contributed by atoms with Crippen molar-refractivity contribution in [2.24, 2.45) is 0 Å². The molecule has 0 amide bonds. The third kappa shape index (κ3) is 1.86. The molecule has 2 aromatic rings. The van der Waals surface area contributed by atoms with Gasteiger partial charge in [-0.25, -0.2) is 9.78 Å². The highest BCUT2D eigenvalue weighted by atomic mass is 16.5. The van der Waals surface area contributed by atoms with Crippen LogP contribution in [-0.4, -0.2) is 22.5 Å². The van der Waals surface area contributed by atoms with Crippen LogP contribution in [0.4, 0.5) is 0 Å². The molecular weight excluding hydrogens is 204 g/mol. The molecule has 4 heteroatoms. The molecule has 16 heavy (non-hydrogen) atoms. The largest absolute Gasteiger partial charge is 0.461 e. The number of para-hydroxylation sites is 1. The second-order valence-electron chi connectivity index (χ2n) is 3.42. The minimum Gasteiger partial charge on any atom is -0.461 e. The van der Waals surface area contributed by atoms with Crippen molar-refractivity contribution in [2.45, 2.75) is 13.8 Å². The van der Waals surface area contributed by atoms with E-state index < -0.39 is 5.97 Å². The van der Waals surface area contributed by atoms with E-state index in [0.717, 1.165) is 11.1 Å². The Kier molecular flexibility index (Phi) is 2.81. The molecule has 1 aromatic carbocycles. The van der Waals surface area contributed by atoms with Gasteiger partial charge in [-0.05, 0) is 25.5 Å². The Morgan fingerprint density at radius 1 is 1.44 bits per heavy atom. The van der Waals surface area contributed by atoms with Crippen LogP contribution in [0.2, 0.25) is 0 Å². The van der Waals surface area contributed by atoms with Crippen LogP contribution < -0.4 is 0 Å². The topological polar surface area (TPSA) is 52.1 Å². The molecular formula is C12H12N2O2. The van der Waals surface area contributed by atoms with Gasteiger partial charge >= 0.3 is 5.97 Å². The van der Waals surface area contributed by atoms with Gasteiger partial charge in [0, 0.05) is 0 Å². The van der Waals surface area contributed by atoms with Gasteiger partial charge in [0.2, 0.25) is 0 Å². The first-order chi connectivity index (χ1) is 7.72. The molecule has 0 saturated carbocycles. The van der Waals surface area contributed by atoms with E-state index in [9.17, 15) is 4.79 Å². The third-order valence-electron chi connectivity index (χ3n) is 2.26. The van der Waals surface area contributed by atoms with Crippen molar-refractivity contribution >= 4 is 17.0 Å². The minimum absolute atomic E-state index is 0.250. The summed E-state index contributed by atoms with van der Waals surface area (Å²) in [6.45, 7) is 4.06. The van der Waals surface area contributed by atoms with Crippen LogP contribution in [0.3, 0.4) is 0 Å². The molecule has 0 aliphatic carbocycles. The number of esters is 1. The fraction of sp³-hybridized carbons (Fsp3) is 0.250. The highest BCUT2D eigenvalue weighted by molar-refractivity contribution is 5.89. The average Bonchev–Trinajstić information content (AvgIpc) is 2.29. The van der Waals surface area contributed by atoms with E-state index in [2.05, 4.69) is 9.97 Å². The first-order valence-electron chi connectivity index (χ1n) is 5.12. The van der Waals surface area contributed by atoms with Crippen molar-refractivity contribution < 1.29 is 9.53 Å². The summed E-state index contributed by atoms with van der Waals surface area (Å²) in [5, 5.41) is 0. The Morgan fingerprint density at radius 3 is 3.00 bits per heavy atom. The molecule has 0 fully saturated rings. The van der Waals surface area contributed by atoms with Gasteiger partial charge in [-0.3, -0.25) is 4.98 Å². The Balaban J connectivity index is 2.48. The highest BCUT2D eigenvalue weighted by Crippen LogP contribution is 2.13. The summed E-state index contributed by atoms with van der Waals surface area (Å²) in [7, 11) is 0. The van der Waals surface area contributed by atoms with Gasteiger partial charge in [0.25, 0.3) is 0 Å². The van der Waals surface area contributed by atoms with Gasteiger partial charge in [0.05, 0.1) is 23.8 Å². The molecule has 0 aliphatic heterocycles. The first-order valence-corrected chi connectivity index (χ1v) is 5.12. The summed E-state index contributed by atoms with van der Waals surface area (Å²) in [5.74, 6) is -0.432. The second kappa shape index (κ2) is 4.26. The molecule has 2 rings (SSSR count). The molecule has 0 atom stereocenters. The van der Waals surface area contributed by atoms with Crippen LogP contribution in [0.1, 0.15) is 23.0 Å². The van der Waals surface area contributed by atoms with Gasteiger partial charge in [-0.15, -0.1) is 0 Å². The van der Waals surface area contributed by atoms with Gasteiger partial charge < -0.3 is 4.74 Å². The summed E-state index contributed by atoms with van der Waals surface area (Å²) in [6.07, 6.45) is 1.45. The highest BCUT2D eigenvalue weighted by Gasteiger charge is 2.10. The molecule has 0 saturated heterocycles. The molecule has 1 aromatic heterocycles. The summed E-state index contributed by atoms with van der Waals surface area (Å²) in [6, 6.07) is 5.68. The van der Waals surface area contributed by atoms with Crippen molar-refractivity contribution in [3.05, 3.63) is 35.7 Å². The third-order valence-corrected chi connectivity index (χ3v) is 2.26. The predicted molar refractivity (Wildman–Crippen MR) is 60.2 cm³/mol. The van der Waals surface area contributed by atoms with Crippen molar-refractivity contribution in [3.8, 4) is 0 Å². The number of aromatic nitrogens is 2. The van der Waals surface area contributed by atoms with Gasteiger partial charge in [-0.1, -0.05) is 12.1 Å². The minimum atomic E-state index is -0.432. The average molecular weight is 216 g/mol. The Labute approximate surface area is 93.3 Å². The molecule has 1 heterocycles. The fourth-order valence-corrected chi connectivity index (χ4v) is 1.49. The summed E-state index contributed by atoms with van der Waals surface area (Å²) >= 11 is 0. The molecule has 82 valence electrons. The van der Waals surface area contributed by atoms with Crippen molar-refractivity contribution in [3.63, 3.8) is 0 Å². The number of hydrogen-bond acceptors (Lipinski definition) is 4. The number of fused-ring (bicyclic) bond motifs is 1. The number of hydrogen-bond donors (Lipinski definition) is 0. The van der Waals surface area contributed by atoms with Crippen LogP contribution in [0.5, 0.6) is 0 Å². The lowest BCUT2D eigenvalue weighted by Gasteiger charge is -2.03. The van der Waals surface area contributed by atoms with Crippen LogP contribution in [0, 0.1) is 6.92 Å². The Hall–Kier alpha value is -1.97. The molecule has 0 aliphatic rings. The van der Waals surface area contributed by atoms with E-state index >= 15 is 0 Å². The lowest BCUT2D eigenvalue weighted by molar-refractivity contribution is 0.0519. The van der Waals surface area contributed by atoms with E-state index in [-0.39, 0.29) is 5.69 Å². The smallest absolute Gasteiger partial charge is 0.358 e. The zero-order valence-corrected chi connectivity index (χ0v) is 9.23. The van der Waals surface area contributed by atoms with E-state index in [1.165, 1.54) is 6.20 Å². The first kappa shape index (κ1) is 10.5. The number of carbonyl (C=O) groups excluding carboxylic acids is 1. The molecule has 0 N–H and O–H groups in total. The number of ether oxygens (including phenoxy) is 1. The summed E-state index contributed by atoms with van der Waals surface area (Å²) in [4.78, 5) is 19.9. The van der Waals surface area contributed by atoms with Crippen LogP contribution in [0.25, 0.3) is 11.0 Å². The van der Waals surface area contributed by atoms with Crippen LogP contribution >= 0.6 is 0 Å². The predicted octanol–water partition coefficient (Wildman–Crippen LogP) is 2.11. The quantitative estimate of drug-likeness (QED) is 0.721. The van der Waals surface area contributed by atoms with Crippen molar-refractivity contribution in [1.29, 1.82) is 0 Å². The Morgan fingerprint density at radius 2 is 2.25 bits per heavy atom. The second-order valence-corrected chi connectivity index (χ2v) is 3.42. The summed E-state index contributed by atoms with van der Waals surface area (Å²) in [5.41, 5.74) is 2.82. The van der Waals surface area contributed by atoms with Crippen LogP contribution in [-0.2, 0) is 4.74 Å². The number of nitrogens with zero attached hydrogens (tertiary/aromatic N) is 2. The van der Waals surface area contributed by atoms with E-state index in [1.807, 2.05) is 25.1 Å². The number of carbonyl (C=O) groups is 1. The maximum absolute atomic E-state index is 11.4. The SMILES string of the molecule is CCOC(=O)c1cnc2c(C)cccc2n1. The van der Waals surface area contributed by atoms with Crippen LogP contribution in [0.15, 0.2) is 24.4 Å². The molecule has 0 bridgehead atoms. The maximum atomic E-state index is 11.4. The zero-order chi connectivity index (χ0) is 11.5. The zero-order valence-electron chi connectivity index (χ0n) is 9.23. The number of benzene rings is 1. The van der Waals surface area contributed by atoms with E-state index in [0.29, 0.717) is 12.1 Å². The van der Waals surface area contributed by atoms with E-state index in [4.69, 9.17) is 4.74 Å².